The van der Waals surface area contributed by atoms with Gasteiger partial charge in [-0.1, -0.05) is 32.0 Å². The van der Waals surface area contributed by atoms with Crippen molar-refractivity contribution in [2.75, 3.05) is 5.75 Å². The molecule has 0 saturated carbocycles. The molecule has 2 rings (SSSR count). The van der Waals surface area contributed by atoms with Gasteiger partial charge in [-0.15, -0.1) is 0 Å². The van der Waals surface area contributed by atoms with Crippen LogP contribution >= 0.6 is 0 Å². The molecular formula is C18H21FN2O2S. The minimum absolute atomic E-state index is 0.116. The van der Waals surface area contributed by atoms with E-state index >= 15 is 0 Å². The first-order chi connectivity index (χ1) is 11.4. The molecule has 1 heterocycles. The van der Waals surface area contributed by atoms with Crippen LogP contribution in [0.1, 0.15) is 31.0 Å². The second-order valence-electron chi connectivity index (χ2n) is 6.00. The van der Waals surface area contributed by atoms with Crippen LogP contribution in [0.2, 0.25) is 0 Å². The number of amides is 1. The molecule has 2 aromatic rings. The Bertz CT molecular complexity index is 715. The molecule has 4 nitrogen and oxygen atoms in total. The molecule has 0 aliphatic rings. The van der Waals surface area contributed by atoms with Gasteiger partial charge in [0.2, 0.25) is 5.91 Å². The van der Waals surface area contributed by atoms with Crippen molar-refractivity contribution in [2.45, 2.75) is 31.8 Å². The van der Waals surface area contributed by atoms with E-state index in [4.69, 9.17) is 0 Å². The highest BCUT2D eigenvalue weighted by Gasteiger charge is 2.20. The topological polar surface area (TPSA) is 59.1 Å². The summed E-state index contributed by atoms with van der Waals surface area (Å²) in [6, 6.07) is 9.25. The molecule has 1 aromatic carbocycles. The third kappa shape index (κ3) is 4.96. The Balaban J connectivity index is 2.04. The number of nitrogens with zero attached hydrogens (tertiary/aromatic N) is 1. The van der Waals surface area contributed by atoms with Gasteiger partial charge in [-0.2, -0.15) is 0 Å². The normalized spacial score (nSPS) is 13.5. The quantitative estimate of drug-likeness (QED) is 0.872. The highest BCUT2D eigenvalue weighted by atomic mass is 32.2. The molecular weight excluding hydrogens is 327 g/mol. The van der Waals surface area contributed by atoms with Crippen LogP contribution in [0.25, 0.3) is 0 Å². The summed E-state index contributed by atoms with van der Waals surface area (Å²) in [6.45, 7) is 5.82. The maximum absolute atomic E-state index is 13.1. The predicted molar refractivity (Wildman–Crippen MR) is 92.4 cm³/mol. The number of hydrogen-bond acceptors (Lipinski definition) is 3. The fourth-order valence-corrected chi connectivity index (χ4v) is 3.16. The van der Waals surface area contributed by atoms with Crippen molar-refractivity contribution in [3.8, 4) is 0 Å². The molecule has 0 aliphatic heterocycles. The van der Waals surface area contributed by atoms with Gasteiger partial charge in [-0.05, 0) is 42.2 Å². The van der Waals surface area contributed by atoms with Crippen molar-refractivity contribution >= 4 is 16.7 Å². The Morgan fingerprint density at radius 2 is 1.88 bits per heavy atom. The maximum atomic E-state index is 13.1. The standard InChI is InChI=1S/C18H21FN2O2S/c1-12(2)18(14-5-7-15(19)8-6-14)21-16(22)11-24(23)17-9-4-13(3)10-20-17/h4-10,12,18H,11H2,1-3H3,(H,21,22)/t18-,24-/m1/s1. The SMILES string of the molecule is Cc1ccc([S@](=O)CC(=O)N[C@@H](c2ccc(F)cc2)C(C)C)nc1. The summed E-state index contributed by atoms with van der Waals surface area (Å²) in [4.78, 5) is 16.3. The van der Waals surface area contributed by atoms with Crippen molar-refractivity contribution in [1.29, 1.82) is 0 Å². The minimum Gasteiger partial charge on any atom is -0.348 e. The van der Waals surface area contributed by atoms with Gasteiger partial charge < -0.3 is 5.32 Å². The lowest BCUT2D eigenvalue weighted by molar-refractivity contribution is -0.119. The maximum Gasteiger partial charge on any atom is 0.233 e. The summed E-state index contributed by atoms with van der Waals surface area (Å²) >= 11 is 0. The summed E-state index contributed by atoms with van der Waals surface area (Å²) < 4.78 is 25.3. The summed E-state index contributed by atoms with van der Waals surface area (Å²) in [5.41, 5.74) is 1.79. The van der Waals surface area contributed by atoms with Crippen LogP contribution < -0.4 is 5.32 Å². The van der Waals surface area contributed by atoms with Gasteiger partial charge in [0.15, 0.2) is 0 Å². The van der Waals surface area contributed by atoms with Gasteiger partial charge in [0.1, 0.15) is 16.6 Å². The van der Waals surface area contributed by atoms with Crippen LogP contribution in [-0.2, 0) is 15.6 Å². The number of benzene rings is 1. The highest BCUT2D eigenvalue weighted by molar-refractivity contribution is 7.85. The molecule has 1 aromatic heterocycles. The molecule has 0 bridgehead atoms. The Morgan fingerprint density at radius 1 is 1.21 bits per heavy atom. The first-order valence-electron chi connectivity index (χ1n) is 7.72. The summed E-state index contributed by atoms with van der Waals surface area (Å²) in [7, 11) is -1.49. The van der Waals surface area contributed by atoms with E-state index in [-0.39, 0.29) is 29.4 Å². The number of halogens is 1. The number of carbonyl (C=O) groups is 1. The summed E-state index contributed by atoms with van der Waals surface area (Å²) in [5, 5.41) is 3.27. The van der Waals surface area contributed by atoms with Gasteiger partial charge in [0.25, 0.3) is 0 Å². The Kier molecular flexibility index (Phi) is 6.20. The Labute approximate surface area is 144 Å². The van der Waals surface area contributed by atoms with Crippen LogP contribution in [0.3, 0.4) is 0 Å². The molecule has 1 amide bonds. The van der Waals surface area contributed by atoms with Crippen LogP contribution in [0.5, 0.6) is 0 Å². The molecule has 1 N–H and O–H groups in total. The van der Waals surface area contributed by atoms with E-state index in [1.807, 2.05) is 26.8 Å². The third-order valence-electron chi connectivity index (χ3n) is 3.59. The third-order valence-corrected chi connectivity index (χ3v) is 4.82. The van der Waals surface area contributed by atoms with Crippen LogP contribution in [0.15, 0.2) is 47.6 Å². The molecule has 0 saturated heterocycles. The Morgan fingerprint density at radius 3 is 2.42 bits per heavy atom. The van der Waals surface area contributed by atoms with Crippen LogP contribution in [-0.4, -0.2) is 20.9 Å². The molecule has 0 spiro atoms. The number of nitrogens with one attached hydrogen (secondary N) is 1. The zero-order valence-corrected chi connectivity index (χ0v) is 14.8. The van der Waals surface area contributed by atoms with Crippen LogP contribution in [0.4, 0.5) is 4.39 Å². The zero-order valence-electron chi connectivity index (χ0n) is 14.0. The smallest absolute Gasteiger partial charge is 0.233 e. The van der Waals surface area contributed by atoms with E-state index in [2.05, 4.69) is 10.3 Å². The number of pyridine rings is 1. The van der Waals surface area contributed by atoms with Gasteiger partial charge in [0.05, 0.1) is 16.8 Å². The van der Waals surface area contributed by atoms with Crippen molar-refractivity contribution in [1.82, 2.24) is 10.3 Å². The highest BCUT2D eigenvalue weighted by Crippen LogP contribution is 2.22. The Hall–Kier alpha value is -2.08. The number of rotatable bonds is 6. The fraction of sp³-hybridized carbons (Fsp3) is 0.333. The van der Waals surface area contributed by atoms with Gasteiger partial charge in [0, 0.05) is 6.20 Å². The monoisotopic (exact) mass is 348 g/mol. The molecule has 6 heteroatoms. The molecule has 0 aliphatic carbocycles. The summed E-state index contributed by atoms with van der Waals surface area (Å²) in [6.07, 6.45) is 1.63. The van der Waals surface area contributed by atoms with Crippen molar-refractivity contribution < 1.29 is 13.4 Å². The van der Waals surface area contributed by atoms with Crippen molar-refractivity contribution in [2.24, 2.45) is 5.92 Å². The van der Waals surface area contributed by atoms with E-state index in [9.17, 15) is 13.4 Å². The largest absolute Gasteiger partial charge is 0.348 e. The van der Waals surface area contributed by atoms with E-state index in [1.165, 1.54) is 12.1 Å². The van der Waals surface area contributed by atoms with Gasteiger partial charge >= 0.3 is 0 Å². The molecule has 0 unspecified atom stereocenters. The minimum atomic E-state index is -1.49. The number of aromatic nitrogens is 1. The average Bonchev–Trinajstić information content (AvgIpc) is 2.54. The second kappa shape index (κ2) is 8.15. The number of hydrogen-bond donors (Lipinski definition) is 1. The summed E-state index contributed by atoms with van der Waals surface area (Å²) in [5.74, 6) is -0.677. The van der Waals surface area contributed by atoms with E-state index < -0.39 is 10.8 Å². The molecule has 2 atom stereocenters. The molecule has 24 heavy (non-hydrogen) atoms. The van der Waals surface area contributed by atoms with E-state index in [1.54, 1.807) is 24.4 Å². The van der Waals surface area contributed by atoms with Crippen molar-refractivity contribution in [3.05, 3.63) is 59.5 Å². The lowest BCUT2D eigenvalue weighted by Gasteiger charge is -2.23. The van der Waals surface area contributed by atoms with Gasteiger partial charge in [-0.25, -0.2) is 9.37 Å². The average molecular weight is 348 g/mol. The molecule has 128 valence electrons. The molecule has 0 radical (unpaired) electrons. The molecule has 0 fully saturated rings. The second-order valence-corrected chi connectivity index (χ2v) is 7.40. The van der Waals surface area contributed by atoms with Gasteiger partial charge in [-0.3, -0.25) is 9.00 Å². The lowest BCUT2D eigenvalue weighted by atomic mass is 9.96. The number of aryl methyl sites for hydroxylation is 1. The first kappa shape index (κ1) is 18.3. The van der Waals surface area contributed by atoms with E-state index in [0.717, 1.165) is 11.1 Å². The van der Waals surface area contributed by atoms with E-state index in [0.29, 0.717) is 5.03 Å². The fourth-order valence-electron chi connectivity index (χ4n) is 2.30. The number of carbonyl (C=O) groups excluding carboxylic acids is 1. The predicted octanol–water partition coefficient (Wildman–Crippen LogP) is 3.15. The van der Waals surface area contributed by atoms with Crippen molar-refractivity contribution in [3.63, 3.8) is 0 Å². The first-order valence-corrected chi connectivity index (χ1v) is 9.04. The lowest BCUT2D eigenvalue weighted by Crippen LogP contribution is -2.34. The zero-order chi connectivity index (χ0) is 17.7. The van der Waals surface area contributed by atoms with Crippen LogP contribution in [0, 0.1) is 18.7 Å².